The summed E-state index contributed by atoms with van der Waals surface area (Å²) in [7, 11) is 0. The third-order valence-electron chi connectivity index (χ3n) is 4.11. The van der Waals surface area contributed by atoms with Crippen LogP contribution >= 0.6 is 0 Å². The van der Waals surface area contributed by atoms with Crippen LogP contribution in [-0.2, 0) is 16.1 Å². The van der Waals surface area contributed by atoms with Gasteiger partial charge in [0.1, 0.15) is 6.54 Å². The number of halogens is 2. The Morgan fingerprint density at radius 1 is 1.12 bits per heavy atom. The predicted molar refractivity (Wildman–Crippen MR) is 88.6 cm³/mol. The van der Waals surface area contributed by atoms with Crippen molar-refractivity contribution in [3.63, 3.8) is 0 Å². The van der Waals surface area contributed by atoms with Gasteiger partial charge in [-0.25, -0.2) is 18.1 Å². The molecule has 0 radical (unpaired) electrons. The van der Waals surface area contributed by atoms with Crippen LogP contribution in [0.15, 0.2) is 21.7 Å². The number of benzene rings is 1. The summed E-state index contributed by atoms with van der Waals surface area (Å²) in [5.74, 6) is -3.09. The summed E-state index contributed by atoms with van der Waals surface area (Å²) < 4.78 is 34.1. The average Bonchev–Trinajstić information content (AvgIpc) is 2.57. The van der Waals surface area contributed by atoms with Crippen molar-refractivity contribution >= 4 is 16.9 Å². The van der Waals surface area contributed by atoms with E-state index in [0.29, 0.717) is 17.4 Å². The summed E-state index contributed by atoms with van der Waals surface area (Å²) in [6.45, 7) is 4.80. The number of carbonyl (C=O) groups is 1. The van der Waals surface area contributed by atoms with Crippen LogP contribution in [0.25, 0.3) is 10.9 Å². The zero-order valence-corrected chi connectivity index (χ0v) is 14.3. The highest BCUT2D eigenvalue weighted by Gasteiger charge is 2.21. The second-order valence-corrected chi connectivity index (χ2v) is 5.60. The van der Waals surface area contributed by atoms with E-state index in [4.69, 9.17) is 4.74 Å². The Balaban J connectivity index is 2.87. The fourth-order valence-corrected chi connectivity index (χ4v) is 2.85. The first-order valence-electron chi connectivity index (χ1n) is 8.15. The van der Waals surface area contributed by atoms with Crippen LogP contribution in [0.5, 0.6) is 0 Å². The molecule has 2 rings (SSSR count). The fourth-order valence-electron chi connectivity index (χ4n) is 2.85. The average molecular weight is 354 g/mol. The Bertz CT molecular complexity index is 913. The van der Waals surface area contributed by atoms with Crippen LogP contribution in [0, 0.1) is 11.6 Å². The zero-order valence-electron chi connectivity index (χ0n) is 14.3. The molecule has 0 unspecified atom stereocenters. The van der Waals surface area contributed by atoms with Gasteiger partial charge in [0.25, 0.3) is 5.56 Å². The van der Waals surface area contributed by atoms with Crippen molar-refractivity contribution in [1.82, 2.24) is 9.13 Å². The van der Waals surface area contributed by atoms with Gasteiger partial charge in [-0.3, -0.25) is 14.2 Å². The molecule has 1 aromatic carbocycles. The number of esters is 1. The third-order valence-corrected chi connectivity index (χ3v) is 4.11. The van der Waals surface area contributed by atoms with E-state index in [9.17, 15) is 23.2 Å². The molecule has 0 aliphatic rings. The Morgan fingerprint density at radius 3 is 2.28 bits per heavy atom. The van der Waals surface area contributed by atoms with Gasteiger partial charge in [0.15, 0.2) is 11.6 Å². The maximum Gasteiger partial charge on any atom is 0.332 e. The first-order chi connectivity index (χ1) is 11.8. The molecular weight excluding hydrogens is 334 g/mol. The molecule has 0 spiro atoms. The molecule has 0 saturated heterocycles. The molecule has 0 atom stereocenters. The molecule has 1 heterocycles. The van der Waals surface area contributed by atoms with Crippen molar-refractivity contribution in [2.75, 3.05) is 6.61 Å². The van der Waals surface area contributed by atoms with Crippen molar-refractivity contribution in [1.29, 1.82) is 0 Å². The van der Waals surface area contributed by atoms with E-state index < -0.39 is 35.4 Å². The van der Waals surface area contributed by atoms with Gasteiger partial charge in [-0.2, -0.15) is 0 Å². The van der Waals surface area contributed by atoms with Gasteiger partial charge in [-0.15, -0.1) is 0 Å². The molecule has 136 valence electrons. The molecule has 1 aromatic heterocycles. The molecule has 25 heavy (non-hydrogen) atoms. The summed E-state index contributed by atoms with van der Waals surface area (Å²) in [5.41, 5.74) is -1.58. The van der Waals surface area contributed by atoms with Crippen molar-refractivity contribution in [2.45, 2.75) is 46.2 Å². The van der Waals surface area contributed by atoms with Crippen LogP contribution < -0.4 is 11.2 Å². The second kappa shape index (κ2) is 7.58. The van der Waals surface area contributed by atoms with Crippen molar-refractivity contribution in [2.24, 2.45) is 0 Å². The fraction of sp³-hybridized carbons (Fsp3) is 0.471. The molecule has 0 aliphatic heterocycles. The van der Waals surface area contributed by atoms with Crippen LogP contribution in [-0.4, -0.2) is 21.7 Å². The van der Waals surface area contributed by atoms with Crippen LogP contribution in [0.2, 0.25) is 0 Å². The van der Waals surface area contributed by atoms with E-state index in [1.807, 2.05) is 13.8 Å². The second-order valence-electron chi connectivity index (χ2n) is 5.60. The van der Waals surface area contributed by atoms with E-state index >= 15 is 0 Å². The van der Waals surface area contributed by atoms with Gasteiger partial charge in [0, 0.05) is 12.1 Å². The van der Waals surface area contributed by atoms with Crippen molar-refractivity contribution < 1.29 is 18.3 Å². The number of fused-ring (bicyclic) bond motifs is 1. The Hall–Kier alpha value is -2.51. The number of carbonyl (C=O) groups excluding carboxylic acids is 1. The first-order valence-corrected chi connectivity index (χ1v) is 8.15. The van der Waals surface area contributed by atoms with Gasteiger partial charge >= 0.3 is 11.7 Å². The summed E-state index contributed by atoms with van der Waals surface area (Å²) in [5, 5.41) is -0.158. The van der Waals surface area contributed by atoms with Crippen LogP contribution in [0.1, 0.15) is 39.7 Å². The maximum atomic E-state index is 13.7. The van der Waals surface area contributed by atoms with Crippen LogP contribution in [0.3, 0.4) is 0 Å². The highest BCUT2D eigenvalue weighted by Crippen LogP contribution is 2.21. The molecule has 6 nitrogen and oxygen atoms in total. The van der Waals surface area contributed by atoms with Gasteiger partial charge in [0.05, 0.1) is 17.5 Å². The summed E-state index contributed by atoms with van der Waals surface area (Å²) in [6, 6.07) is 1.28. The smallest absolute Gasteiger partial charge is 0.332 e. The van der Waals surface area contributed by atoms with E-state index in [0.717, 1.165) is 12.1 Å². The van der Waals surface area contributed by atoms with E-state index in [-0.39, 0.29) is 23.6 Å². The highest BCUT2D eigenvalue weighted by molar-refractivity contribution is 5.79. The van der Waals surface area contributed by atoms with E-state index in [1.165, 1.54) is 4.57 Å². The Kier molecular flexibility index (Phi) is 5.71. The summed E-state index contributed by atoms with van der Waals surface area (Å²) in [4.78, 5) is 37.1. The predicted octanol–water partition coefficient (Wildman–Crippen LogP) is 2.37. The third kappa shape index (κ3) is 3.47. The molecule has 0 aliphatic carbocycles. The zero-order chi connectivity index (χ0) is 18.7. The molecule has 2 aromatic rings. The monoisotopic (exact) mass is 354 g/mol. The number of nitrogens with zero attached hydrogens (tertiary/aromatic N) is 2. The minimum atomic E-state index is -1.19. The minimum Gasteiger partial charge on any atom is -0.465 e. The summed E-state index contributed by atoms with van der Waals surface area (Å²) >= 11 is 0. The standard InChI is InChI=1S/C17H20F2N2O4/c1-4-10(5-2)21-14-8-13(19)12(18)7-11(14)16(23)20(17(21)24)9-15(22)25-6-3/h7-8,10H,4-6,9H2,1-3H3. The lowest BCUT2D eigenvalue weighted by atomic mass is 10.1. The first kappa shape index (κ1) is 18.8. The SMILES string of the molecule is CCOC(=O)Cn1c(=O)c2cc(F)c(F)cc2n(C(CC)CC)c1=O. The van der Waals surface area contributed by atoms with Crippen molar-refractivity contribution in [3.8, 4) is 0 Å². The Labute approximate surface area is 142 Å². The quantitative estimate of drug-likeness (QED) is 0.747. The molecular formula is C17H20F2N2O4. The number of hydrogen-bond donors (Lipinski definition) is 0. The number of aromatic nitrogens is 2. The molecule has 0 saturated carbocycles. The van der Waals surface area contributed by atoms with Gasteiger partial charge in [-0.05, 0) is 25.8 Å². The maximum absolute atomic E-state index is 13.7. The van der Waals surface area contributed by atoms with Gasteiger partial charge < -0.3 is 4.74 Å². The largest absolute Gasteiger partial charge is 0.465 e. The lowest BCUT2D eigenvalue weighted by Crippen LogP contribution is -2.43. The van der Waals surface area contributed by atoms with E-state index in [2.05, 4.69) is 0 Å². The molecule has 0 amide bonds. The molecule has 8 heteroatoms. The molecule has 0 N–H and O–H groups in total. The topological polar surface area (TPSA) is 70.3 Å². The normalized spacial score (nSPS) is 11.3. The highest BCUT2D eigenvalue weighted by atomic mass is 19.2. The van der Waals surface area contributed by atoms with Crippen molar-refractivity contribution in [3.05, 3.63) is 44.6 Å². The molecule has 0 fully saturated rings. The number of rotatable bonds is 6. The lowest BCUT2D eigenvalue weighted by molar-refractivity contribution is -0.143. The van der Waals surface area contributed by atoms with Crippen LogP contribution in [0.4, 0.5) is 8.78 Å². The Morgan fingerprint density at radius 2 is 1.72 bits per heavy atom. The van der Waals surface area contributed by atoms with E-state index in [1.54, 1.807) is 6.92 Å². The number of hydrogen-bond acceptors (Lipinski definition) is 4. The minimum absolute atomic E-state index is 0.0164. The summed E-state index contributed by atoms with van der Waals surface area (Å²) in [6.07, 6.45) is 1.09. The van der Waals surface area contributed by atoms with Gasteiger partial charge in [-0.1, -0.05) is 13.8 Å². The van der Waals surface area contributed by atoms with Gasteiger partial charge in [0.2, 0.25) is 0 Å². The number of ether oxygens (including phenoxy) is 1. The molecule has 0 bridgehead atoms. The lowest BCUT2D eigenvalue weighted by Gasteiger charge is -2.20.